The number of rotatable bonds is 10. The lowest BCUT2D eigenvalue weighted by Gasteiger charge is -2.20. The molecule has 0 radical (unpaired) electrons. The van der Waals surface area contributed by atoms with Gasteiger partial charge in [-0.05, 0) is 48.4 Å². The zero-order valence-electron chi connectivity index (χ0n) is 19.2. The number of benzene rings is 3. The molecule has 3 aromatic carbocycles. The van der Waals surface area contributed by atoms with Crippen LogP contribution in [0.5, 0.6) is 0 Å². The van der Waals surface area contributed by atoms with Crippen LogP contribution in [0, 0.1) is 0 Å². The molecule has 0 fully saturated rings. The first-order chi connectivity index (χ1) is 16.9. The Balaban J connectivity index is 1.69. The van der Waals surface area contributed by atoms with E-state index >= 15 is 0 Å². The highest BCUT2D eigenvalue weighted by molar-refractivity contribution is 7.99. The molecule has 0 amide bonds. The van der Waals surface area contributed by atoms with Crippen molar-refractivity contribution < 1.29 is 8.42 Å². The molecule has 6 nitrogen and oxygen atoms in total. The molecule has 0 aliphatic carbocycles. The number of hydrogen-bond donors (Lipinski definition) is 1. The molecule has 0 aliphatic heterocycles. The van der Waals surface area contributed by atoms with Crippen molar-refractivity contribution in [3.8, 4) is 0 Å². The Kier molecular flexibility index (Phi) is 8.28. The molecule has 1 atom stereocenters. The Morgan fingerprint density at radius 2 is 1.69 bits per heavy atom. The van der Waals surface area contributed by atoms with Gasteiger partial charge in [0.25, 0.3) is 5.56 Å². The predicted octanol–water partition coefficient (Wildman–Crippen LogP) is 5.66. The number of nitrogens with zero attached hydrogens (tertiary/aromatic N) is 2. The van der Waals surface area contributed by atoms with Gasteiger partial charge in [-0.2, -0.15) is 0 Å². The van der Waals surface area contributed by atoms with Gasteiger partial charge in [0, 0.05) is 18.1 Å². The van der Waals surface area contributed by atoms with E-state index in [0.29, 0.717) is 27.6 Å². The van der Waals surface area contributed by atoms with Gasteiger partial charge in [0.05, 0.1) is 21.0 Å². The lowest BCUT2D eigenvalue weighted by atomic mass is 10.1. The molecule has 0 saturated heterocycles. The monoisotopic (exact) mass is 527 g/mol. The molecule has 1 unspecified atom stereocenters. The smallest absolute Gasteiger partial charge is 0.262 e. The van der Waals surface area contributed by atoms with Crippen molar-refractivity contribution in [3.63, 3.8) is 0 Å². The fourth-order valence-electron chi connectivity index (χ4n) is 3.66. The molecule has 1 aromatic heterocycles. The minimum absolute atomic E-state index is 0.0832. The SMILES string of the molecule is CCCCn1c(SC(CNS(=O)(=O)c2ccc(Cl)cc2)c2ccccc2)nc2ccccc2c1=O. The second-order valence-corrected chi connectivity index (χ2v) is 11.4. The Labute approximate surface area is 214 Å². The molecule has 0 spiro atoms. The van der Waals surface area contributed by atoms with Gasteiger partial charge >= 0.3 is 0 Å². The van der Waals surface area contributed by atoms with Crippen LogP contribution in [0.25, 0.3) is 10.9 Å². The summed E-state index contributed by atoms with van der Waals surface area (Å²) >= 11 is 7.30. The number of unbranched alkanes of at least 4 members (excludes halogenated alkanes) is 1. The van der Waals surface area contributed by atoms with Gasteiger partial charge in [0.15, 0.2) is 5.16 Å². The maximum atomic E-state index is 13.3. The van der Waals surface area contributed by atoms with E-state index in [0.717, 1.165) is 18.4 Å². The number of sulfonamides is 1. The highest BCUT2D eigenvalue weighted by atomic mass is 35.5. The normalized spacial score (nSPS) is 12.6. The van der Waals surface area contributed by atoms with E-state index in [1.807, 2.05) is 48.5 Å². The van der Waals surface area contributed by atoms with Crippen molar-refractivity contribution in [1.82, 2.24) is 14.3 Å². The zero-order chi connectivity index (χ0) is 24.8. The summed E-state index contributed by atoms with van der Waals surface area (Å²) in [5.41, 5.74) is 1.47. The predicted molar refractivity (Wildman–Crippen MR) is 143 cm³/mol. The molecule has 4 rings (SSSR count). The van der Waals surface area contributed by atoms with Crippen LogP contribution in [0.1, 0.15) is 30.6 Å². The summed E-state index contributed by atoms with van der Waals surface area (Å²) in [7, 11) is -3.75. The van der Waals surface area contributed by atoms with Gasteiger partial charge < -0.3 is 0 Å². The Bertz CT molecular complexity index is 1460. The van der Waals surface area contributed by atoms with Crippen LogP contribution >= 0.6 is 23.4 Å². The lowest BCUT2D eigenvalue weighted by molar-refractivity contribution is 0.556. The summed E-state index contributed by atoms with van der Waals surface area (Å²) in [6.07, 6.45) is 1.78. The molecule has 0 aliphatic rings. The summed E-state index contributed by atoms with van der Waals surface area (Å²) in [4.78, 5) is 18.2. The lowest BCUT2D eigenvalue weighted by Crippen LogP contribution is -2.29. The molecule has 0 bridgehead atoms. The van der Waals surface area contributed by atoms with Crippen molar-refractivity contribution in [2.24, 2.45) is 0 Å². The van der Waals surface area contributed by atoms with Crippen molar-refractivity contribution in [2.45, 2.75) is 41.6 Å². The van der Waals surface area contributed by atoms with Crippen molar-refractivity contribution in [3.05, 3.63) is 99.8 Å². The van der Waals surface area contributed by atoms with E-state index in [1.54, 1.807) is 22.8 Å². The minimum Gasteiger partial charge on any atom is -0.287 e. The Hall–Kier alpha value is -2.65. The third kappa shape index (κ3) is 6.13. The maximum absolute atomic E-state index is 13.3. The van der Waals surface area contributed by atoms with Crippen LogP contribution in [-0.4, -0.2) is 24.5 Å². The minimum atomic E-state index is -3.75. The average Bonchev–Trinajstić information content (AvgIpc) is 2.87. The number of nitrogens with one attached hydrogen (secondary N) is 1. The van der Waals surface area contributed by atoms with Crippen LogP contribution < -0.4 is 10.3 Å². The van der Waals surface area contributed by atoms with Crippen LogP contribution in [0.2, 0.25) is 5.02 Å². The first-order valence-corrected chi connectivity index (χ1v) is 14.1. The molecule has 9 heteroatoms. The van der Waals surface area contributed by atoms with Gasteiger partial charge in [-0.15, -0.1) is 0 Å². The molecule has 4 aromatic rings. The highest BCUT2D eigenvalue weighted by Gasteiger charge is 2.22. The van der Waals surface area contributed by atoms with Crippen LogP contribution in [0.3, 0.4) is 0 Å². The number of hydrogen-bond acceptors (Lipinski definition) is 5. The topological polar surface area (TPSA) is 81.1 Å². The summed E-state index contributed by atoms with van der Waals surface area (Å²) in [5.74, 6) is 0. The highest BCUT2D eigenvalue weighted by Crippen LogP contribution is 2.34. The fourth-order valence-corrected chi connectivity index (χ4v) is 6.10. The molecule has 182 valence electrons. The number of halogens is 1. The number of aromatic nitrogens is 2. The van der Waals surface area contributed by atoms with Crippen LogP contribution in [0.4, 0.5) is 0 Å². The van der Waals surface area contributed by atoms with Gasteiger partial charge in [-0.25, -0.2) is 18.1 Å². The zero-order valence-corrected chi connectivity index (χ0v) is 21.6. The molecule has 1 N–H and O–H groups in total. The third-order valence-electron chi connectivity index (χ3n) is 5.56. The molecule has 1 heterocycles. The molecule has 35 heavy (non-hydrogen) atoms. The molecular weight excluding hydrogens is 502 g/mol. The third-order valence-corrected chi connectivity index (χ3v) is 8.50. The van der Waals surface area contributed by atoms with E-state index in [-0.39, 0.29) is 22.2 Å². The van der Waals surface area contributed by atoms with Gasteiger partial charge in [-0.3, -0.25) is 9.36 Å². The largest absolute Gasteiger partial charge is 0.287 e. The second-order valence-electron chi connectivity index (χ2n) is 8.04. The molecule has 0 saturated carbocycles. The van der Waals surface area contributed by atoms with Gasteiger partial charge in [0.2, 0.25) is 10.0 Å². The van der Waals surface area contributed by atoms with Crippen LogP contribution in [0.15, 0.2) is 93.7 Å². The number of fused-ring (bicyclic) bond motifs is 1. The average molecular weight is 528 g/mol. The van der Waals surface area contributed by atoms with Crippen molar-refractivity contribution in [1.29, 1.82) is 0 Å². The first-order valence-electron chi connectivity index (χ1n) is 11.4. The summed E-state index contributed by atoms with van der Waals surface area (Å²) < 4.78 is 30.3. The maximum Gasteiger partial charge on any atom is 0.262 e. The number of para-hydroxylation sites is 1. The van der Waals surface area contributed by atoms with E-state index < -0.39 is 10.0 Å². The van der Waals surface area contributed by atoms with Gasteiger partial charge in [0.1, 0.15) is 0 Å². The second kappa shape index (κ2) is 11.4. The summed E-state index contributed by atoms with van der Waals surface area (Å²) in [6.45, 7) is 2.74. The van der Waals surface area contributed by atoms with E-state index in [9.17, 15) is 13.2 Å². The van der Waals surface area contributed by atoms with Crippen LogP contribution in [-0.2, 0) is 16.6 Å². The number of thioether (sulfide) groups is 1. The standard InChI is InChI=1S/C26H26ClN3O3S2/c1-2-3-17-30-25(31)22-11-7-8-12-23(22)29-26(30)34-24(19-9-5-4-6-10-19)18-28-35(32,33)21-15-13-20(27)14-16-21/h4-16,24,28H,2-3,17-18H2,1H3. The Morgan fingerprint density at radius 3 is 2.40 bits per heavy atom. The Morgan fingerprint density at radius 1 is 1.00 bits per heavy atom. The molecular formula is C26H26ClN3O3S2. The first kappa shape index (κ1) is 25.4. The van der Waals surface area contributed by atoms with E-state index in [1.165, 1.54) is 23.9 Å². The quantitative estimate of drug-likeness (QED) is 0.212. The summed E-state index contributed by atoms with van der Waals surface area (Å²) in [6, 6.07) is 23.0. The van der Waals surface area contributed by atoms with E-state index in [2.05, 4.69) is 11.6 Å². The van der Waals surface area contributed by atoms with Crippen molar-refractivity contribution >= 4 is 44.3 Å². The fraction of sp³-hybridized carbons (Fsp3) is 0.231. The van der Waals surface area contributed by atoms with Gasteiger partial charge in [-0.1, -0.05) is 79.2 Å². The van der Waals surface area contributed by atoms with E-state index in [4.69, 9.17) is 16.6 Å². The summed E-state index contributed by atoms with van der Waals surface area (Å²) in [5, 5.41) is 1.31. The van der Waals surface area contributed by atoms with Crippen molar-refractivity contribution in [2.75, 3.05) is 6.54 Å².